The van der Waals surface area contributed by atoms with Gasteiger partial charge in [-0.3, -0.25) is 9.69 Å². The van der Waals surface area contributed by atoms with Crippen LogP contribution >= 0.6 is 23.4 Å². The van der Waals surface area contributed by atoms with Crippen molar-refractivity contribution in [3.63, 3.8) is 0 Å². The van der Waals surface area contributed by atoms with E-state index in [0.29, 0.717) is 0 Å². The monoisotopic (exact) mass is 824 g/mol. The van der Waals surface area contributed by atoms with Crippen molar-refractivity contribution in [3.8, 4) is 11.1 Å². The molecule has 5 aromatic carbocycles. The third-order valence-electron chi connectivity index (χ3n) is 10.2. The zero-order chi connectivity index (χ0) is 40.4. The summed E-state index contributed by atoms with van der Waals surface area (Å²) >= 11 is 7.92. The van der Waals surface area contributed by atoms with Crippen LogP contribution in [0.15, 0.2) is 131 Å². The molecule has 0 bridgehead atoms. The van der Waals surface area contributed by atoms with Gasteiger partial charge in [-0.2, -0.15) is 0 Å². The molecule has 0 unspecified atom stereocenters. The number of sulfonamides is 1. The van der Waals surface area contributed by atoms with Crippen molar-refractivity contribution in [2.45, 2.75) is 29.3 Å². The lowest BCUT2D eigenvalue weighted by molar-refractivity contribution is 0.0981. The number of thioether (sulfide) groups is 1. The highest BCUT2D eigenvalue weighted by molar-refractivity contribution is 7.99. The van der Waals surface area contributed by atoms with E-state index in [9.17, 15) is 13.2 Å². The molecule has 57 heavy (non-hydrogen) atoms. The fourth-order valence-electron chi connectivity index (χ4n) is 6.91. The number of benzene rings is 5. The smallest absolute Gasteiger partial charge is 0.264 e. The van der Waals surface area contributed by atoms with Gasteiger partial charge in [0, 0.05) is 91.0 Å². The quantitative estimate of drug-likeness (QED) is 0.0912. The summed E-state index contributed by atoms with van der Waals surface area (Å²) in [6.07, 6.45) is 0. The molecule has 300 valence electrons. The van der Waals surface area contributed by atoms with Crippen LogP contribution in [0.4, 0.5) is 11.4 Å². The van der Waals surface area contributed by atoms with Gasteiger partial charge in [-0.05, 0) is 117 Å². The Morgan fingerprint density at radius 3 is 2.19 bits per heavy atom. The number of halogens is 1. The first kappa shape index (κ1) is 42.3. The molecule has 1 atom stereocenters. The number of likely N-dealkylation sites (N-methyl/N-ethyl adjacent to an activating group) is 2. The van der Waals surface area contributed by atoms with Crippen LogP contribution in [0, 0.1) is 6.92 Å². The Bertz CT molecular complexity index is 2180. The van der Waals surface area contributed by atoms with Crippen LogP contribution < -0.4 is 14.9 Å². The molecule has 1 aliphatic heterocycles. The largest absolute Gasteiger partial charge is 0.380 e. The molecule has 1 amide bonds. The summed E-state index contributed by atoms with van der Waals surface area (Å²) in [4.78, 5) is 23.7. The molecular formula is C45H53ClN6O3S2. The first-order chi connectivity index (χ1) is 27.4. The molecule has 1 heterocycles. The summed E-state index contributed by atoms with van der Waals surface area (Å²) in [5.41, 5.74) is 6.57. The number of aryl methyl sites for hydroxylation is 1. The summed E-state index contributed by atoms with van der Waals surface area (Å²) in [5, 5.41) is 4.39. The van der Waals surface area contributed by atoms with Crippen LogP contribution in [0.5, 0.6) is 0 Å². The van der Waals surface area contributed by atoms with Crippen molar-refractivity contribution in [1.29, 1.82) is 0 Å². The molecule has 5 aromatic rings. The van der Waals surface area contributed by atoms with Gasteiger partial charge >= 0.3 is 0 Å². The predicted octanol–water partition coefficient (Wildman–Crippen LogP) is 7.82. The van der Waals surface area contributed by atoms with Gasteiger partial charge in [-0.15, -0.1) is 11.8 Å². The van der Waals surface area contributed by atoms with E-state index in [1.807, 2.05) is 49.4 Å². The molecule has 2 N–H and O–H groups in total. The van der Waals surface area contributed by atoms with Crippen LogP contribution in [-0.4, -0.2) is 108 Å². The highest BCUT2D eigenvalue weighted by Gasteiger charge is 2.23. The second-order valence-electron chi connectivity index (χ2n) is 14.9. The third-order valence-corrected chi connectivity index (χ3v) is 12.9. The number of nitrogens with zero attached hydrogens (tertiary/aromatic N) is 4. The maximum atomic E-state index is 13.4. The molecule has 6 rings (SSSR count). The van der Waals surface area contributed by atoms with E-state index in [2.05, 4.69) is 99.3 Å². The van der Waals surface area contributed by atoms with E-state index in [1.165, 1.54) is 16.0 Å². The third kappa shape index (κ3) is 12.1. The van der Waals surface area contributed by atoms with Gasteiger partial charge in [0.25, 0.3) is 15.9 Å². The number of hydrogen-bond donors (Lipinski definition) is 2. The molecule has 9 nitrogen and oxygen atoms in total. The van der Waals surface area contributed by atoms with Gasteiger partial charge in [0.1, 0.15) is 0 Å². The molecule has 12 heteroatoms. The van der Waals surface area contributed by atoms with Crippen LogP contribution in [0.2, 0.25) is 5.02 Å². The van der Waals surface area contributed by atoms with Crippen molar-refractivity contribution < 1.29 is 13.2 Å². The standard InChI is InChI=1S/C45H53ClN6O3S2/c1-34-30-42(22-23-44(34)47-39(32-50(4)25-24-49(2)3)33-56-41-11-6-5-7-12-41)57(54,55)48-45(53)36-16-20-40(21-17-36)52-28-26-51(27-29-52)31-37-10-8-9-13-43(37)35-14-18-38(46)19-15-35/h5-23,30,39,47H,24-29,31-33H2,1-4H3,(H,48,53)/t39-/m1/s1. The Kier molecular flexibility index (Phi) is 14.7. The van der Waals surface area contributed by atoms with Crippen molar-refractivity contribution in [2.75, 3.05) is 82.9 Å². The molecule has 0 saturated carbocycles. The first-order valence-electron chi connectivity index (χ1n) is 19.3. The molecule has 0 radical (unpaired) electrons. The summed E-state index contributed by atoms with van der Waals surface area (Å²) in [5.74, 6) is 0.172. The number of rotatable bonds is 17. The summed E-state index contributed by atoms with van der Waals surface area (Å²) in [7, 11) is 2.16. The topological polar surface area (TPSA) is 88.2 Å². The number of amides is 1. The number of piperazine rings is 1. The Morgan fingerprint density at radius 1 is 0.825 bits per heavy atom. The minimum atomic E-state index is -4.11. The highest BCUT2D eigenvalue weighted by atomic mass is 35.5. The van der Waals surface area contributed by atoms with E-state index in [-0.39, 0.29) is 16.5 Å². The molecule has 0 aliphatic carbocycles. The Labute approximate surface area is 348 Å². The Morgan fingerprint density at radius 2 is 1.51 bits per heavy atom. The molecule has 1 fully saturated rings. The predicted molar refractivity (Wildman–Crippen MR) is 237 cm³/mol. The van der Waals surface area contributed by atoms with Gasteiger partial charge in [0.2, 0.25) is 0 Å². The summed E-state index contributed by atoms with van der Waals surface area (Å²) in [6, 6.07) is 39.0. The van der Waals surface area contributed by atoms with E-state index < -0.39 is 15.9 Å². The van der Waals surface area contributed by atoms with E-state index in [0.717, 1.165) is 85.6 Å². The second kappa shape index (κ2) is 19.9. The maximum Gasteiger partial charge on any atom is 0.264 e. The van der Waals surface area contributed by atoms with Crippen molar-refractivity contribution in [1.82, 2.24) is 19.4 Å². The summed E-state index contributed by atoms with van der Waals surface area (Å²) < 4.78 is 29.2. The minimum Gasteiger partial charge on any atom is -0.380 e. The lowest BCUT2D eigenvalue weighted by Gasteiger charge is -2.36. The average Bonchev–Trinajstić information content (AvgIpc) is 3.21. The fraction of sp³-hybridized carbons (Fsp3) is 0.311. The minimum absolute atomic E-state index is 0.0440. The molecule has 0 aromatic heterocycles. The van der Waals surface area contributed by atoms with Gasteiger partial charge < -0.3 is 20.0 Å². The van der Waals surface area contributed by atoms with E-state index in [4.69, 9.17) is 11.6 Å². The number of carbonyl (C=O) groups is 1. The number of anilines is 2. The van der Waals surface area contributed by atoms with Crippen LogP contribution in [0.25, 0.3) is 11.1 Å². The van der Waals surface area contributed by atoms with Crippen molar-refractivity contribution >= 4 is 50.7 Å². The zero-order valence-corrected chi connectivity index (χ0v) is 35.6. The van der Waals surface area contributed by atoms with Crippen LogP contribution in [0.1, 0.15) is 21.5 Å². The van der Waals surface area contributed by atoms with Gasteiger partial charge in [0.15, 0.2) is 0 Å². The average molecular weight is 826 g/mol. The fourth-order valence-corrected chi connectivity index (χ4v) is 9.03. The zero-order valence-electron chi connectivity index (χ0n) is 33.2. The van der Waals surface area contributed by atoms with Crippen molar-refractivity contribution in [2.24, 2.45) is 0 Å². The van der Waals surface area contributed by atoms with Crippen molar-refractivity contribution in [3.05, 3.63) is 143 Å². The van der Waals surface area contributed by atoms with E-state index in [1.54, 1.807) is 42.1 Å². The summed E-state index contributed by atoms with van der Waals surface area (Å²) in [6.45, 7) is 8.91. The molecular weight excluding hydrogens is 772 g/mol. The molecule has 1 saturated heterocycles. The Hall–Kier alpha value is -4.36. The van der Waals surface area contributed by atoms with E-state index >= 15 is 0 Å². The maximum absolute atomic E-state index is 13.4. The highest BCUT2D eigenvalue weighted by Crippen LogP contribution is 2.28. The van der Waals surface area contributed by atoms with Gasteiger partial charge in [0.05, 0.1) is 4.90 Å². The number of hydrogen-bond acceptors (Lipinski definition) is 9. The molecule has 1 aliphatic rings. The lowest BCUT2D eigenvalue weighted by Crippen LogP contribution is -2.46. The molecule has 0 spiro atoms. The first-order valence-corrected chi connectivity index (χ1v) is 22.1. The number of carbonyl (C=O) groups excluding carboxylic acids is 1. The normalized spacial score (nSPS) is 14.2. The SMILES string of the molecule is Cc1cc(S(=O)(=O)NC(=O)c2ccc(N3CCN(Cc4ccccc4-c4ccc(Cl)cc4)CC3)cc2)ccc1N[C@@H](CSc1ccccc1)CN(C)CCN(C)C. The van der Waals surface area contributed by atoms with Crippen LogP contribution in [0.3, 0.4) is 0 Å². The lowest BCUT2D eigenvalue weighted by atomic mass is 9.99. The number of nitrogens with one attached hydrogen (secondary N) is 2. The van der Waals surface area contributed by atoms with Gasteiger partial charge in [-0.25, -0.2) is 13.1 Å². The Balaban J connectivity index is 1.03. The van der Waals surface area contributed by atoms with Gasteiger partial charge in [-0.1, -0.05) is 66.2 Å². The van der Waals surface area contributed by atoms with Crippen LogP contribution in [-0.2, 0) is 16.6 Å². The second-order valence-corrected chi connectivity index (χ2v) is 18.1.